The highest BCUT2D eigenvalue weighted by Gasteiger charge is 2.17. The third kappa shape index (κ3) is 6.84. The van der Waals surface area contributed by atoms with Crippen LogP contribution in [0.25, 0.3) is 89.0 Å². The van der Waals surface area contributed by atoms with Crippen molar-refractivity contribution < 1.29 is 0 Å². The van der Waals surface area contributed by atoms with Crippen LogP contribution in [0.2, 0.25) is 0 Å². The van der Waals surface area contributed by atoms with E-state index in [1.165, 1.54) is 5.39 Å². The van der Waals surface area contributed by atoms with Crippen LogP contribution in [-0.4, -0.2) is 19.9 Å². The standard InChI is InChI=1S/C56H37N5/c1-5-15-41(16-6-1)54-58-55(42-17-7-2-8-18-42)60-56(59-54)44-32-35-48-43(37-44)31-36-50-52(48)49-23-13-14-24-51(49)57-53(50)40-27-25-38(26-28-40)39-29-33-47(34-30-39)61(45-19-9-3-10-20-45)46-21-11-4-12-22-46/h1-37H. The molecule has 9 aromatic carbocycles. The van der Waals surface area contributed by atoms with E-state index in [4.69, 9.17) is 19.9 Å². The van der Waals surface area contributed by atoms with Crippen molar-refractivity contribution in [2.75, 3.05) is 4.90 Å². The molecule has 286 valence electrons. The van der Waals surface area contributed by atoms with Crippen LogP contribution in [0.15, 0.2) is 224 Å². The van der Waals surface area contributed by atoms with Crippen LogP contribution >= 0.6 is 0 Å². The molecule has 11 aromatic rings. The summed E-state index contributed by atoms with van der Waals surface area (Å²) in [5, 5.41) is 5.66. The molecule has 0 radical (unpaired) electrons. The second-order valence-electron chi connectivity index (χ2n) is 15.1. The molecule has 0 saturated carbocycles. The van der Waals surface area contributed by atoms with Crippen LogP contribution in [0.3, 0.4) is 0 Å². The van der Waals surface area contributed by atoms with E-state index < -0.39 is 0 Å². The lowest BCUT2D eigenvalue weighted by molar-refractivity contribution is 1.07. The van der Waals surface area contributed by atoms with Gasteiger partial charge in [0.25, 0.3) is 0 Å². The molecule has 0 fully saturated rings. The maximum absolute atomic E-state index is 5.28. The first-order chi connectivity index (χ1) is 30.2. The van der Waals surface area contributed by atoms with Crippen molar-refractivity contribution in [2.45, 2.75) is 0 Å². The van der Waals surface area contributed by atoms with E-state index in [9.17, 15) is 0 Å². The highest BCUT2D eigenvalue weighted by molar-refractivity contribution is 6.22. The van der Waals surface area contributed by atoms with E-state index in [1.807, 2.05) is 60.7 Å². The largest absolute Gasteiger partial charge is 0.311 e. The Balaban J connectivity index is 0.967. The average molecular weight is 780 g/mol. The van der Waals surface area contributed by atoms with Crippen LogP contribution in [0, 0.1) is 0 Å². The van der Waals surface area contributed by atoms with Gasteiger partial charge < -0.3 is 4.90 Å². The number of aromatic nitrogens is 4. The molecule has 0 amide bonds. The summed E-state index contributed by atoms with van der Waals surface area (Å²) < 4.78 is 0. The maximum atomic E-state index is 5.28. The van der Waals surface area contributed by atoms with Crippen LogP contribution in [0.4, 0.5) is 17.1 Å². The monoisotopic (exact) mass is 779 g/mol. The number of hydrogen-bond acceptors (Lipinski definition) is 5. The molecule has 0 saturated heterocycles. The number of hydrogen-bond donors (Lipinski definition) is 0. The van der Waals surface area contributed by atoms with Gasteiger partial charge in [0.1, 0.15) is 0 Å². The molecular formula is C56H37N5. The van der Waals surface area contributed by atoms with Crippen molar-refractivity contribution in [1.29, 1.82) is 0 Å². The van der Waals surface area contributed by atoms with Gasteiger partial charge in [0.15, 0.2) is 17.5 Å². The third-order valence-electron chi connectivity index (χ3n) is 11.3. The molecule has 5 heteroatoms. The van der Waals surface area contributed by atoms with E-state index in [0.717, 1.165) is 83.2 Å². The molecule has 0 atom stereocenters. The summed E-state index contributed by atoms with van der Waals surface area (Å²) in [6, 6.07) is 78.2. The van der Waals surface area contributed by atoms with Crippen molar-refractivity contribution >= 4 is 49.5 Å². The van der Waals surface area contributed by atoms with Gasteiger partial charge in [0.05, 0.1) is 11.2 Å². The van der Waals surface area contributed by atoms with Gasteiger partial charge >= 0.3 is 0 Å². The van der Waals surface area contributed by atoms with E-state index in [0.29, 0.717) is 17.5 Å². The number of fused-ring (bicyclic) bond motifs is 5. The predicted molar refractivity (Wildman–Crippen MR) is 252 cm³/mol. The summed E-state index contributed by atoms with van der Waals surface area (Å²) in [7, 11) is 0. The Hall–Kier alpha value is -8.28. The lowest BCUT2D eigenvalue weighted by atomic mass is 9.93. The molecule has 0 bridgehead atoms. The Labute approximate surface area is 354 Å². The Morgan fingerprint density at radius 3 is 1.31 bits per heavy atom. The van der Waals surface area contributed by atoms with Crippen molar-refractivity contribution in [1.82, 2.24) is 19.9 Å². The van der Waals surface area contributed by atoms with Gasteiger partial charge in [-0.2, -0.15) is 0 Å². The molecule has 0 aliphatic rings. The summed E-state index contributed by atoms with van der Waals surface area (Å²) >= 11 is 0. The van der Waals surface area contributed by atoms with Gasteiger partial charge in [-0.05, 0) is 70.4 Å². The van der Waals surface area contributed by atoms with Gasteiger partial charge in [-0.3, -0.25) is 0 Å². The molecule has 5 nitrogen and oxygen atoms in total. The first kappa shape index (κ1) is 35.8. The zero-order valence-corrected chi connectivity index (χ0v) is 33.1. The summed E-state index contributed by atoms with van der Waals surface area (Å²) in [5.41, 5.74) is 11.4. The minimum Gasteiger partial charge on any atom is -0.311 e. The Morgan fingerprint density at radius 2 is 0.721 bits per heavy atom. The summed E-state index contributed by atoms with van der Waals surface area (Å²) in [6.45, 7) is 0. The molecule has 0 aliphatic heterocycles. The van der Waals surface area contributed by atoms with Crippen molar-refractivity contribution in [3.05, 3.63) is 224 Å². The normalized spacial score (nSPS) is 11.3. The van der Waals surface area contributed by atoms with Crippen molar-refractivity contribution in [2.24, 2.45) is 0 Å². The topological polar surface area (TPSA) is 54.8 Å². The van der Waals surface area contributed by atoms with Crippen molar-refractivity contribution in [3.8, 4) is 56.5 Å². The number of anilines is 3. The lowest BCUT2D eigenvalue weighted by Gasteiger charge is -2.25. The number of rotatable bonds is 8. The maximum Gasteiger partial charge on any atom is 0.164 e. The van der Waals surface area contributed by atoms with E-state index in [2.05, 4.69) is 169 Å². The second kappa shape index (κ2) is 15.5. The van der Waals surface area contributed by atoms with Gasteiger partial charge in [-0.15, -0.1) is 0 Å². The fourth-order valence-electron chi connectivity index (χ4n) is 8.30. The molecule has 11 rings (SSSR count). The zero-order valence-electron chi connectivity index (χ0n) is 33.1. The van der Waals surface area contributed by atoms with Gasteiger partial charge in [-0.25, -0.2) is 19.9 Å². The Kier molecular flexibility index (Phi) is 9.10. The Bertz CT molecular complexity index is 3220. The molecule has 0 N–H and O–H groups in total. The minimum atomic E-state index is 0.634. The number of pyridine rings is 1. The van der Waals surface area contributed by atoms with Gasteiger partial charge in [0.2, 0.25) is 0 Å². The van der Waals surface area contributed by atoms with E-state index >= 15 is 0 Å². The summed E-state index contributed by atoms with van der Waals surface area (Å²) in [6.07, 6.45) is 0. The Morgan fingerprint density at radius 1 is 0.279 bits per heavy atom. The molecular weight excluding hydrogens is 743 g/mol. The van der Waals surface area contributed by atoms with Crippen LogP contribution in [-0.2, 0) is 0 Å². The van der Waals surface area contributed by atoms with E-state index in [1.54, 1.807) is 0 Å². The zero-order chi connectivity index (χ0) is 40.5. The summed E-state index contributed by atoms with van der Waals surface area (Å²) in [4.78, 5) is 22.5. The molecule has 2 aromatic heterocycles. The quantitative estimate of drug-likeness (QED) is 0.144. The minimum absolute atomic E-state index is 0.634. The fourth-order valence-corrected chi connectivity index (χ4v) is 8.30. The molecule has 61 heavy (non-hydrogen) atoms. The summed E-state index contributed by atoms with van der Waals surface area (Å²) in [5.74, 6) is 1.92. The fraction of sp³-hybridized carbons (Fsp3) is 0. The molecule has 2 heterocycles. The molecule has 0 spiro atoms. The number of nitrogens with zero attached hydrogens (tertiary/aromatic N) is 5. The molecule has 0 unspecified atom stereocenters. The van der Waals surface area contributed by atoms with Gasteiger partial charge in [-0.1, -0.05) is 176 Å². The average Bonchev–Trinajstić information content (AvgIpc) is 3.35. The first-order valence-electron chi connectivity index (χ1n) is 20.5. The highest BCUT2D eigenvalue weighted by Crippen LogP contribution is 2.40. The van der Waals surface area contributed by atoms with Gasteiger partial charge in [0, 0.05) is 55.5 Å². The van der Waals surface area contributed by atoms with E-state index in [-0.39, 0.29) is 0 Å². The predicted octanol–water partition coefficient (Wildman–Crippen LogP) is 14.5. The van der Waals surface area contributed by atoms with Crippen LogP contribution < -0.4 is 4.90 Å². The van der Waals surface area contributed by atoms with Crippen LogP contribution in [0.1, 0.15) is 0 Å². The highest BCUT2D eigenvalue weighted by atomic mass is 15.1. The lowest BCUT2D eigenvalue weighted by Crippen LogP contribution is -2.09. The first-order valence-corrected chi connectivity index (χ1v) is 20.5. The molecule has 0 aliphatic carbocycles. The number of benzene rings is 9. The third-order valence-corrected chi connectivity index (χ3v) is 11.3. The second-order valence-corrected chi connectivity index (χ2v) is 15.1. The van der Waals surface area contributed by atoms with Crippen molar-refractivity contribution in [3.63, 3.8) is 0 Å². The smallest absolute Gasteiger partial charge is 0.164 e. The number of para-hydroxylation sites is 3. The van der Waals surface area contributed by atoms with Crippen LogP contribution in [0.5, 0.6) is 0 Å². The SMILES string of the molecule is c1ccc(-c2nc(-c3ccccc3)nc(-c3ccc4c(ccc5c(-c6ccc(-c7ccc(N(c8ccccc8)c8ccccc8)cc7)cc6)nc6ccccc6c54)c3)n2)cc1.